The highest BCUT2D eigenvalue weighted by molar-refractivity contribution is 6.16. The van der Waals surface area contributed by atoms with Crippen molar-refractivity contribution in [1.29, 1.82) is 0 Å². The summed E-state index contributed by atoms with van der Waals surface area (Å²) in [5.74, 6) is -2.41. The summed E-state index contributed by atoms with van der Waals surface area (Å²) in [7, 11) is 0. The summed E-state index contributed by atoms with van der Waals surface area (Å²) in [5.41, 5.74) is 3.65. The van der Waals surface area contributed by atoms with E-state index in [9.17, 15) is 18.8 Å². The van der Waals surface area contributed by atoms with Gasteiger partial charge in [0, 0.05) is 23.0 Å². The number of rotatable bonds is 8. The van der Waals surface area contributed by atoms with Gasteiger partial charge in [0.25, 0.3) is 0 Å². The van der Waals surface area contributed by atoms with Gasteiger partial charge >= 0.3 is 0 Å². The zero-order valence-electron chi connectivity index (χ0n) is 24.5. The Balaban J connectivity index is 1.44. The van der Waals surface area contributed by atoms with Crippen LogP contribution in [0.5, 0.6) is 0 Å². The monoisotopic (exact) mass is 584 g/mol. The first kappa shape index (κ1) is 28.0. The lowest BCUT2D eigenvalue weighted by molar-refractivity contribution is -0.122. The molecule has 4 atom stereocenters. The second-order valence-electron chi connectivity index (χ2n) is 12.0. The molecule has 0 aromatic heterocycles. The molecule has 4 aromatic carbocycles. The number of ketones is 2. The summed E-state index contributed by atoms with van der Waals surface area (Å²) >= 11 is 0. The molecule has 3 heterocycles. The first-order valence-electron chi connectivity index (χ1n) is 15.3. The fraction of sp³-hybridized carbons (Fsp3) is 0.237. The predicted octanol–water partition coefficient (Wildman–Crippen LogP) is 7.54. The lowest BCUT2D eigenvalue weighted by Crippen LogP contribution is -2.49. The Hall–Kier alpha value is -4.84. The van der Waals surface area contributed by atoms with Gasteiger partial charge in [-0.2, -0.15) is 0 Å². The molecule has 1 spiro atoms. The lowest BCUT2D eigenvalue weighted by Gasteiger charge is -2.38. The first-order chi connectivity index (χ1) is 21.4. The third-order valence-corrected chi connectivity index (χ3v) is 9.56. The second-order valence-corrected chi connectivity index (χ2v) is 12.0. The molecule has 0 bridgehead atoms. The summed E-state index contributed by atoms with van der Waals surface area (Å²) in [6.45, 7) is 2.17. The molecule has 0 unspecified atom stereocenters. The van der Waals surface area contributed by atoms with Gasteiger partial charge in [0.1, 0.15) is 17.3 Å². The SMILES string of the molecule is CCCCCc1ccc(C(=O)[C@@H]2[C@H](C(=O)c3ccc(F)cc3)N3C=Cc4ccccc4[C@H]3[C@@]23C(=O)Nc2ccccc23)cc1. The third-order valence-electron chi connectivity index (χ3n) is 9.56. The maximum absolute atomic E-state index is 14.9. The molecule has 1 fully saturated rings. The summed E-state index contributed by atoms with van der Waals surface area (Å²) in [6.07, 6.45) is 8.04. The van der Waals surface area contributed by atoms with Crippen molar-refractivity contribution < 1.29 is 18.8 Å². The van der Waals surface area contributed by atoms with Gasteiger partial charge in [0.2, 0.25) is 5.91 Å². The number of hydrogen-bond donors (Lipinski definition) is 1. The number of anilines is 1. The third kappa shape index (κ3) is 4.23. The number of carbonyl (C=O) groups is 3. The fourth-order valence-corrected chi connectivity index (χ4v) is 7.55. The number of nitrogens with one attached hydrogen (secondary N) is 1. The van der Waals surface area contributed by atoms with Crippen LogP contribution in [0.1, 0.15) is 75.2 Å². The Morgan fingerprint density at radius 3 is 2.30 bits per heavy atom. The van der Waals surface area contributed by atoms with E-state index in [4.69, 9.17) is 0 Å². The number of hydrogen-bond acceptors (Lipinski definition) is 4. The minimum Gasteiger partial charge on any atom is -0.358 e. The smallest absolute Gasteiger partial charge is 0.238 e. The first-order valence-corrected chi connectivity index (χ1v) is 15.3. The van der Waals surface area contributed by atoms with Crippen LogP contribution >= 0.6 is 0 Å². The molecule has 220 valence electrons. The maximum Gasteiger partial charge on any atom is 0.238 e. The van der Waals surface area contributed by atoms with E-state index in [0.29, 0.717) is 16.8 Å². The van der Waals surface area contributed by atoms with Crippen molar-refractivity contribution in [3.05, 3.63) is 142 Å². The highest BCUT2D eigenvalue weighted by atomic mass is 19.1. The molecule has 4 aromatic rings. The van der Waals surface area contributed by atoms with Crippen LogP contribution < -0.4 is 5.32 Å². The molecule has 0 radical (unpaired) electrons. The number of unbranched alkanes of at least 4 members (excludes halogenated alkanes) is 2. The molecule has 3 aliphatic rings. The van der Waals surface area contributed by atoms with Crippen LogP contribution in [0, 0.1) is 11.7 Å². The van der Waals surface area contributed by atoms with Crippen LogP contribution in [0.4, 0.5) is 10.1 Å². The summed E-state index contributed by atoms with van der Waals surface area (Å²) in [5, 5.41) is 3.07. The Morgan fingerprint density at radius 1 is 0.841 bits per heavy atom. The van der Waals surface area contributed by atoms with E-state index in [1.165, 1.54) is 24.3 Å². The highest BCUT2D eigenvalue weighted by Crippen LogP contribution is 2.62. The van der Waals surface area contributed by atoms with Crippen molar-refractivity contribution in [2.45, 2.75) is 50.1 Å². The molecule has 6 heteroatoms. The molecule has 0 aliphatic carbocycles. The number of benzene rings is 4. The highest BCUT2D eigenvalue weighted by Gasteiger charge is 2.70. The van der Waals surface area contributed by atoms with Gasteiger partial charge in [-0.25, -0.2) is 4.39 Å². The summed E-state index contributed by atoms with van der Waals surface area (Å²) < 4.78 is 13.9. The van der Waals surface area contributed by atoms with E-state index >= 15 is 0 Å². The topological polar surface area (TPSA) is 66.5 Å². The molecule has 44 heavy (non-hydrogen) atoms. The minimum atomic E-state index is -1.39. The number of amides is 1. The van der Waals surface area contributed by atoms with E-state index in [2.05, 4.69) is 12.2 Å². The van der Waals surface area contributed by atoms with Crippen molar-refractivity contribution in [2.75, 3.05) is 5.32 Å². The molecule has 5 nitrogen and oxygen atoms in total. The number of fused-ring (bicyclic) bond motifs is 6. The molecule has 0 saturated carbocycles. The average molecular weight is 585 g/mol. The molecular weight excluding hydrogens is 551 g/mol. The largest absolute Gasteiger partial charge is 0.358 e. The van der Waals surface area contributed by atoms with E-state index in [-0.39, 0.29) is 23.0 Å². The Kier molecular flexibility index (Phi) is 7.00. The average Bonchev–Trinajstić information content (AvgIpc) is 3.53. The van der Waals surface area contributed by atoms with E-state index in [1.54, 1.807) is 0 Å². The van der Waals surface area contributed by atoms with Crippen LogP contribution in [0.3, 0.4) is 0 Å². The van der Waals surface area contributed by atoms with Crippen molar-refractivity contribution >= 4 is 29.2 Å². The van der Waals surface area contributed by atoms with Crippen LogP contribution in [0.2, 0.25) is 0 Å². The van der Waals surface area contributed by atoms with Crippen LogP contribution in [-0.4, -0.2) is 28.4 Å². The van der Waals surface area contributed by atoms with Gasteiger partial charge in [0.05, 0.1) is 12.0 Å². The Morgan fingerprint density at radius 2 is 1.52 bits per heavy atom. The quantitative estimate of drug-likeness (QED) is 0.172. The second kappa shape index (κ2) is 11.0. The molecular formula is C38H33FN2O3. The lowest BCUT2D eigenvalue weighted by atomic mass is 9.62. The number of para-hydroxylation sites is 1. The van der Waals surface area contributed by atoms with Crippen molar-refractivity contribution in [1.82, 2.24) is 4.90 Å². The van der Waals surface area contributed by atoms with Crippen molar-refractivity contribution in [3.8, 4) is 0 Å². The van der Waals surface area contributed by atoms with Crippen LogP contribution in [0.15, 0.2) is 103 Å². The Labute approximate surface area is 256 Å². The number of aryl methyl sites for hydroxylation is 1. The van der Waals surface area contributed by atoms with E-state index < -0.39 is 29.2 Å². The van der Waals surface area contributed by atoms with Crippen molar-refractivity contribution in [3.63, 3.8) is 0 Å². The number of Topliss-reactive ketones (excluding diaryl/α,β-unsaturated/α-hetero) is 2. The Bertz CT molecular complexity index is 1800. The van der Waals surface area contributed by atoms with Crippen LogP contribution in [-0.2, 0) is 16.6 Å². The molecule has 7 rings (SSSR count). The van der Waals surface area contributed by atoms with Gasteiger partial charge in [-0.3, -0.25) is 14.4 Å². The van der Waals surface area contributed by atoms with Gasteiger partial charge in [-0.1, -0.05) is 86.5 Å². The van der Waals surface area contributed by atoms with Gasteiger partial charge in [-0.05, 0) is 71.5 Å². The molecule has 1 amide bonds. The van der Waals surface area contributed by atoms with Gasteiger partial charge in [-0.15, -0.1) is 0 Å². The van der Waals surface area contributed by atoms with E-state index in [0.717, 1.165) is 42.4 Å². The predicted molar refractivity (Wildman–Crippen MR) is 169 cm³/mol. The number of halogens is 1. The zero-order chi connectivity index (χ0) is 30.4. The van der Waals surface area contributed by atoms with Gasteiger partial charge < -0.3 is 10.2 Å². The normalized spacial score (nSPS) is 22.8. The number of nitrogens with zero attached hydrogens (tertiary/aromatic N) is 1. The van der Waals surface area contributed by atoms with Crippen LogP contribution in [0.25, 0.3) is 6.08 Å². The maximum atomic E-state index is 14.9. The molecule has 1 saturated heterocycles. The molecule has 1 N–H and O–H groups in total. The summed E-state index contributed by atoms with van der Waals surface area (Å²) in [6, 6.07) is 26.7. The fourth-order valence-electron chi connectivity index (χ4n) is 7.55. The zero-order valence-corrected chi connectivity index (χ0v) is 24.5. The van der Waals surface area contributed by atoms with E-state index in [1.807, 2.05) is 90.0 Å². The minimum absolute atomic E-state index is 0.266. The van der Waals surface area contributed by atoms with Crippen molar-refractivity contribution in [2.24, 2.45) is 5.92 Å². The standard InChI is InChI=1S/C38H33FN2O3/c1-2-3-4-9-24-14-16-26(17-15-24)34(42)32-33(35(43)27-18-20-28(39)21-19-27)41-23-22-25-10-5-6-11-29(25)36(41)38(32)30-12-7-8-13-31(30)40-37(38)44/h5-8,10-23,32-33,36H,2-4,9H2,1H3,(H,40,44)/t32-,33+,36-,38-/m0/s1. The van der Waals surface area contributed by atoms with Gasteiger partial charge in [0.15, 0.2) is 11.6 Å². The summed E-state index contributed by atoms with van der Waals surface area (Å²) in [4.78, 5) is 45.9. The number of carbonyl (C=O) groups excluding carboxylic acids is 3. The molecule has 3 aliphatic heterocycles.